The van der Waals surface area contributed by atoms with E-state index >= 15 is 0 Å². The van der Waals surface area contributed by atoms with Gasteiger partial charge in [-0.3, -0.25) is 4.79 Å². The zero-order valence-corrected chi connectivity index (χ0v) is 17.1. The maximum atomic E-state index is 12.7. The molecule has 5 nitrogen and oxygen atoms in total. The van der Waals surface area contributed by atoms with Gasteiger partial charge in [0.1, 0.15) is 0 Å². The molecule has 2 aromatic heterocycles. The van der Waals surface area contributed by atoms with Crippen molar-refractivity contribution in [2.24, 2.45) is 0 Å². The summed E-state index contributed by atoms with van der Waals surface area (Å²) in [6.45, 7) is 8.19. The normalized spacial score (nSPS) is 11.3. The summed E-state index contributed by atoms with van der Waals surface area (Å²) in [5.74, 6) is 0.782. The van der Waals surface area contributed by atoms with E-state index in [0.717, 1.165) is 33.2 Å². The number of fused-ring (bicyclic) bond motifs is 1. The molecular formula is C22H21N3O2S. The van der Waals surface area contributed by atoms with Gasteiger partial charge in [0.05, 0.1) is 11.3 Å². The molecule has 0 aliphatic heterocycles. The fourth-order valence-electron chi connectivity index (χ4n) is 3.33. The molecule has 0 radical (unpaired) electrons. The number of para-hydroxylation sites is 1. The zero-order chi connectivity index (χ0) is 19.8. The van der Waals surface area contributed by atoms with Crippen LogP contribution in [0.4, 0.5) is 0 Å². The predicted octanol–water partition coefficient (Wildman–Crippen LogP) is 5.43. The van der Waals surface area contributed by atoms with E-state index in [1.54, 1.807) is 0 Å². The lowest BCUT2D eigenvalue weighted by Crippen LogP contribution is -2.08. The molecule has 0 saturated carbocycles. The molecule has 142 valence electrons. The number of nitrogens with zero attached hydrogens (tertiary/aromatic N) is 2. The maximum absolute atomic E-state index is 12.7. The van der Waals surface area contributed by atoms with E-state index in [9.17, 15) is 4.79 Å². The number of hydrogen-bond acceptors (Lipinski definition) is 5. The van der Waals surface area contributed by atoms with Crippen LogP contribution in [0.15, 0.2) is 46.2 Å². The molecule has 0 saturated heterocycles. The van der Waals surface area contributed by atoms with Gasteiger partial charge >= 0.3 is 0 Å². The van der Waals surface area contributed by atoms with Crippen molar-refractivity contribution in [1.82, 2.24) is 15.2 Å². The molecule has 0 atom stereocenters. The average molecular weight is 391 g/mol. The molecule has 0 unspecified atom stereocenters. The van der Waals surface area contributed by atoms with Crippen LogP contribution in [0.5, 0.6) is 0 Å². The highest BCUT2D eigenvalue weighted by Crippen LogP contribution is 2.30. The van der Waals surface area contributed by atoms with Crippen molar-refractivity contribution in [3.63, 3.8) is 0 Å². The first-order chi connectivity index (χ1) is 13.5. The number of aromatic nitrogens is 3. The van der Waals surface area contributed by atoms with E-state index in [1.165, 1.54) is 22.9 Å². The van der Waals surface area contributed by atoms with Gasteiger partial charge in [-0.1, -0.05) is 30.0 Å². The van der Waals surface area contributed by atoms with Gasteiger partial charge in [-0.05, 0) is 62.1 Å². The summed E-state index contributed by atoms with van der Waals surface area (Å²) in [7, 11) is 0. The van der Waals surface area contributed by atoms with E-state index in [0.29, 0.717) is 11.1 Å². The molecule has 0 amide bonds. The van der Waals surface area contributed by atoms with Gasteiger partial charge in [0.15, 0.2) is 5.78 Å². The van der Waals surface area contributed by atoms with Crippen LogP contribution in [-0.2, 0) is 0 Å². The summed E-state index contributed by atoms with van der Waals surface area (Å²) in [5, 5.41) is 9.67. The molecule has 2 aromatic carbocycles. The molecule has 0 fully saturated rings. The van der Waals surface area contributed by atoms with Gasteiger partial charge in [-0.25, -0.2) is 0 Å². The third kappa shape index (κ3) is 3.24. The number of carbonyl (C=O) groups is 1. The van der Waals surface area contributed by atoms with Gasteiger partial charge in [-0.2, -0.15) is 0 Å². The number of nitrogens with one attached hydrogen (secondary N) is 1. The Balaban J connectivity index is 1.52. The summed E-state index contributed by atoms with van der Waals surface area (Å²) >= 11 is 1.27. The Morgan fingerprint density at radius 1 is 1.07 bits per heavy atom. The van der Waals surface area contributed by atoms with E-state index in [-0.39, 0.29) is 11.5 Å². The molecule has 0 aliphatic carbocycles. The number of H-pyrrole nitrogens is 1. The highest BCUT2D eigenvalue weighted by atomic mass is 32.2. The van der Waals surface area contributed by atoms with E-state index in [2.05, 4.69) is 29.0 Å². The third-order valence-corrected chi connectivity index (χ3v) is 6.15. The summed E-state index contributed by atoms with van der Waals surface area (Å²) in [6, 6.07) is 9.92. The second-order valence-corrected chi connectivity index (χ2v) is 7.88. The molecule has 0 aliphatic rings. The van der Waals surface area contributed by atoms with E-state index in [1.807, 2.05) is 50.4 Å². The van der Waals surface area contributed by atoms with Crippen LogP contribution in [0.1, 0.15) is 32.6 Å². The smallest absolute Gasteiger partial charge is 0.277 e. The average Bonchev–Trinajstić information content (AvgIpc) is 3.33. The van der Waals surface area contributed by atoms with Crippen LogP contribution in [0.3, 0.4) is 0 Å². The predicted molar refractivity (Wildman–Crippen MR) is 112 cm³/mol. The van der Waals surface area contributed by atoms with Gasteiger partial charge < -0.3 is 9.40 Å². The molecule has 0 spiro atoms. The molecule has 0 bridgehead atoms. The van der Waals surface area contributed by atoms with E-state index in [4.69, 9.17) is 4.42 Å². The lowest BCUT2D eigenvalue weighted by Gasteiger charge is -2.13. The van der Waals surface area contributed by atoms with Crippen LogP contribution in [0, 0.1) is 27.7 Å². The monoisotopic (exact) mass is 391 g/mol. The van der Waals surface area contributed by atoms with Crippen LogP contribution in [-0.4, -0.2) is 26.7 Å². The number of hydrogen-bond donors (Lipinski definition) is 1. The highest BCUT2D eigenvalue weighted by Gasteiger charge is 2.17. The highest BCUT2D eigenvalue weighted by molar-refractivity contribution is 7.99. The van der Waals surface area contributed by atoms with Crippen molar-refractivity contribution in [3.05, 3.63) is 64.3 Å². The molecule has 4 rings (SSSR count). The number of ketones is 1. The number of rotatable bonds is 5. The standard InChI is InChI=1S/C22H21N3O2S/c1-12-9-17(15(4)14(3)13(12)2)20(26)11-28-22-25-24-21(27-22)18-10-23-19-8-6-5-7-16(18)19/h5-10,23H,11H2,1-4H3. The number of carbonyl (C=O) groups excluding carboxylic acids is 1. The van der Waals surface area contributed by atoms with Crippen LogP contribution in [0.25, 0.3) is 22.4 Å². The second-order valence-electron chi connectivity index (χ2n) is 6.95. The van der Waals surface area contributed by atoms with Crippen molar-refractivity contribution < 1.29 is 9.21 Å². The first kappa shape index (κ1) is 18.5. The lowest BCUT2D eigenvalue weighted by molar-refractivity contribution is 0.102. The Hall–Kier alpha value is -2.86. The molecule has 6 heteroatoms. The van der Waals surface area contributed by atoms with Crippen LogP contribution in [0.2, 0.25) is 0 Å². The van der Waals surface area contributed by atoms with Crippen molar-refractivity contribution in [2.45, 2.75) is 32.9 Å². The largest absolute Gasteiger partial charge is 0.411 e. The minimum Gasteiger partial charge on any atom is -0.411 e. The third-order valence-electron chi connectivity index (χ3n) is 5.33. The fourth-order valence-corrected chi connectivity index (χ4v) is 3.98. The number of benzene rings is 2. The summed E-state index contributed by atoms with van der Waals surface area (Å²) < 4.78 is 5.79. The number of aromatic amines is 1. The second kappa shape index (κ2) is 7.28. The number of thioether (sulfide) groups is 1. The van der Waals surface area contributed by atoms with Crippen molar-refractivity contribution in [3.8, 4) is 11.5 Å². The molecule has 2 heterocycles. The van der Waals surface area contributed by atoms with Gasteiger partial charge in [0.2, 0.25) is 0 Å². The van der Waals surface area contributed by atoms with Crippen molar-refractivity contribution in [2.75, 3.05) is 5.75 Å². The molecule has 1 N–H and O–H groups in total. The first-order valence-corrected chi connectivity index (χ1v) is 10.1. The van der Waals surface area contributed by atoms with Gasteiger partial charge in [-0.15, -0.1) is 10.2 Å². The quantitative estimate of drug-likeness (QED) is 0.363. The molecule has 28 heavy (non-hydrogen) atoms. The zero-order valence-electron chi connectivity index (χ0n) is 16.3. The van der Waals surface area contributed by atoms with Crippen molar-refractivity contribution >= 4 is 28.4 Å². The first-order valence-electron chi connectivity index (χ1n) is 9.09. The lowest BCUT2D eigenvalue weighted by atomic mass is 9.93. The Labute approximate surface area is 167 Å². The van der Waals surface area contributed by atoms with Gasteiger partial charge in [0, 0.05) is 22.7 Å². The van der Waals surface area contributed by atoms with Crippen molar-refractivity contribution in [1.29, 1.82) is 0 Å². The SMILES string of the molecule is Cc1cc(C(=O)CSc2nnc(-c3c[nH]c4ccccc34)o2)c(C)c(C)c1C. The fraction of sp³-hybridized carbons (Fsp3) is 0.227. The maximum Gasteiger partial charge on any atom is 0.277 e. The minimum absolute atomic E-state index is 0.0699. The summed E-state index contributed by atoms with van der Waals surface area (Å²) in [6.07, 6.45) is 1.86. The summed E-state index contributed by atoms with van der Waals surface area (Å²) in [4.78, 5) is 15.9. The Bertz CT molecular complexity index is 1190. The Morgan fingerprint density at radius 3 is 2.68 bits per heavy atom. The van der Waals surface area contributed by atoms with E-state index < -0.39 is 0 Å². The van der Waals surface area contributed by atoms with Crippen LogP contribution >= 0.6 is 11.8 Å². The molecule has 4 aromatic rings. The molecular weight excluding hydrogens is 370 g/mol. The number of Topliss-reactive ketones (excluding diaryl/α,β-unsaturated/α-hetero) is 1. The van der Waals surface area contributed by atoms with Gasteiger partial charge in [0.25, 0.3) is 11.1 Å². The summed E-state index contributed by atoms with van der Waals surface area (Å²) in [5.41, 5.74) is 7.23. The Morgan fingerprint density at radius 2 is 1.86 bits per heavy atom. The minimum atomic E-state index is 0.0699. The number of aryl methyl sites for hydroxylation is 1. The van der Waals surface area contributed by atoms with Crippen LogP contribution < -0.4 is 0 Å². The topological polar surface area (TPSA) is 71.8 Å². The Kier molecular flexibility index (Phi) is 4.81.